The summed E-state index contributed by atoms with van der Waals surface area (Å²) in [5.41, 5.74) is 2.33. The minimum absolute atomic E-state index is 1.15. The largest absolute Gasteiger partial charge is 0.354 e. The van der Waals surface area contributed by atoms with Gasteiger partial charge in [-0.15, -0.1) is 0 Å². The van der Waals surface area contributed by atoms with Crippen molar-refractivity contribution in [3.8, 4) is 0 Å². The van der Waals surface area contributed by atoms with Crippen LogP contribution in [0.2, 0.25) is 0 Å². The molecule has 1 aliphatic rings. The van der Waals surface area contributed by atoms with Crippen LogP contribution >= 0.6 is 11.8 Å². The second-order valence-electron chi connectivity index (χ2n) is 3.15. The Labute approximate surface area is 87.2 Å². The minimum Gasteiger partial charge on any atom is -0.354 e. The summed E-state index contributed by atoms with van der Waals surface area (Å²) in [6.45, 7) is 0. The zero-order chi connectivity index (χ0) is 9.38. The Balaban J connectivity index is 2.12. The monoisotopic (exact) mass is 198 g/mol. The maximum absolute atomic E-state index is 3.39. The number of hydrogen-bond acceptors (Lipinski definition) is 2. The van der Waals surface area contributed by atoms with Crippen LogP contribution in [-0.2, 0) is 0 Å². The number of nitrogens with one attached hydrogen (secondary N) is 1. The van der Waals surface area contributed by atoms with Gasteiger partial charge in [0.25, 0.3) is 0 Å². The van der Waals surface area contributed by atoms with E-state index in [9.17, 15) is 0 Å². The molecule has 0 bridgehead atoms. The molecular weight excluding hydrogens is 190 g/mol. The summed E-state index contributed by atoms with van der Waals surface area (Å²) in [5.74, 6) is 0. The van der Waals surface area contributed by atoms with E-state index in [4.69, 9.17) is 0 Å². The zero-order valence-corrected chi connectivity index (χ0v) is 8.27. The molecule has 14 heavy (non-hydrogen) atoms. The molecule has 1 heterocycles. The van der Waals surface area contributed by atoms with E-state index in [0.717, 1.165) is 5.69 Å². The van der Waals surface area contributed by atoms with Gasteiger partial charge in [-0.05, 0) is 30.3 Å². The number of para-hydroxylation sites is 1. The Bertz CT molecular complexity index is 392. The highest BCUT2D eigenvalue weighted by Gasteiger charge is 2.13. The van der Waals surface area contributed by atoms with Crippen LogP contribution in [0.5, 0.6) is 0 Å². The molecule has 0 aliphatic carbocycles. The van der Waals surface area contributed by atoms with Crippen LogP contribution in [0.15, 0.2) is 52.3 Å². The van der Waals surface area contributed by atoms with Crippen molar-refractivity contribution in [2.24, 2.45) is 0 Å². The molecule has 2 heteroatoms. The van der Waals surface area contributed by atoms with E-state index in [1.54, 1.807) is 11.8 Å². The summed E-state index contributed by atoms with van der Waals surface area (Å²) in [6.07, 6.45) is 0. The van der Waals surface area contributed by atoms with Gasteiger partial charge < -0.3 is 5.32 Å². The Hall–Kier alpha value is -1.41. The first-order chi connectivity index (χ1) is 6.93. The topological polar surface area (TPSA) is 12.0 Å². The lowest BCUT2D eigenvalue weighted by Crippen LogP contribution is -1.98. The molecule has 1 nitrogen and oxygen atoms in total. The molecule has 0 fully saturated rings. The van der Waals surface area contributed by atoms with Crippen molar-refractivity contribution < 1.29 is 0 Å². The first-order valence-corrected chi connectivity index (χ1v) is 5.29. The smallest absolute Gasteiger partial charge is 0.0532 e. The van der Waals surface area contributed by atoms with E-state index >= 15 is 0 Å². The number of hydrogen-bond donors (Lipinski definition) is 1. The lowest BCUT2D eigenvalue weighted by atomic mass is 10.2. The number of anilines is 2. The van der Waals surface area contributed by atoms with Gasteiger partial charge in [-0.25, -0.2) is 0 Å². The molecule has 0 saturated carbocycles. The fourth-order valence-corrected chi connectivity index (χ4v) is 2.49. The fraction of sp³-hybridized carbons (Fsp3) is 0. The lowest BCUT2D eigenvalue weighted by Gasteiger charge is -2.19. The highest BCUT2D eigenvalue weighted by Crippen LogP contribution is 2.43. The Morgan fingerprint density at radius 2 is 1.86 bits per heavy atom. The van der Waals surface area contributed by atoms with Crippen molar-refractivity contribution in [1.29, 1.82) is 0 Å². The van der Waals surface area contributed by atoms with Gasteiger partial charge in [0.05, 0.1) is 11.4 Å². The average Bonchev–Trinajstić information content (AvgIpc) is 2.26. The minimum atomic E-state index is 1.15. The third-order valence-corrected chi connectivity index (χ3v) is 3.35. The van der Waals surface area contributed by atoms with Crippen molar-refractivity contribution in [3.63, 3.8) is 0 Å². The van der Waals surface area contributed by atoms with Crippen LogP contribution in [0, 0.1) is 6.07 Å². The van der Waals surface area contributed by atoms with Gasteiger partial charge in [-0.3, -0.25) is 0 Å². The normalized spacial score (nSPS) is 12.6. The number of fused-ring (bicyclic) bond motifs is 2. The summed E-state index contributed by atoms with van der Waals surface area (Å²) in [4.78, 5) is 2.55. The van der Waals surface area contributed by atoms with Crippen LogP contribution in [0.1, 0.15) is 0 Å². The van der Waals surface area contributed by atoms with Gasteiger partial charge in [0.15, 0.2) is 0 Å². The molecule has 1 aliphatic heterocycles. The van der Waals surface area contributed by atoms with E-state index in [2.05, 4.69) is 35.6 Å². The number of benzene rings is 2. The molecule has 67 valence electrons. The second-order valence-corrected chi connectivity index (χ2v) is 4.23. The predicted octanol–water partition coefficient (Wildman–Crippen LogP) is 3.69. The molecular formula is C12H8NS. The van der Waals surface area contributed by atoms with Gasteiger partial charge in [-0.2, -0.15) is 0 Å². The highest BCUT2D eigenvalue weighted by atomic mass is 32.2. The summed E-state index contributed by atoms with van der Waals surface area (Å²) < 4.78 is 0. The fourth-order valence-electron chi connectivity index (χ4n) is 1.53. The maximum Gasteiger partial charge on any atom is 0.0532 e. The van der Waals surface area contributed by atoms with Crippen molar-refractivity contribution in [3.05, 3.63) is 48.5 Å². The Kier molecular flexibility index (Phi) is 1.74. The second kappa shape index (κ2) is 3.07. The van der Waals surface area contributed by atoms with Crippen molar-refractivity contribution in [1.82, 2.24) is 0 Å². The molecule has 0 spiro atoms. The van der Waals surface area contributed by atoms with Gasteiger partial charge in [0.1, 0.15) is 0 Å². The quantitative estimate of drug-likeness (QED) is 0.591. The third kappa shape index (κ3) is 1.19. The van der Waals surface area contributed by atoms with E-state index in [1.807, 2.05) is 18.2 Å². The standard InChI is InChI=1S/C12H8NS/c1-3-7-11-9(5-1)13-10-6-2-4-8-12(10)14-11/h1,3-8,13H. The zero-order valence-electron chi connectivity index (χ0n) is 7.45. The molecule has 1 radical (unpaired) electrons. The SMILES string of the molecule is [c]1ccc2c(c1)Nc1ccccc1S2. The molecule has 0 amide bonds. The van der Waals surface area contributed by atoms with Crippen molar-refractivity contribution >= 4 is 23.1 Å². The molecule has 0 saturated heterocycles. The number of rotatable bonds is 0. The van der Waals surface area contributed by atoms with Gasteiger partial charge in [0.2, 0.25) is 0 Å². The molecule has 2 aromatic rings. The molecule has 0 aromatic heterocycles. The molecule has 3 rings (SSSR count). The Morgan fingerprint density at radius 3 is 2.86 bits per heavy atom. The van der Waals surface area contributed by atoms with E-state index in [0.29, 0.717) is 0 Å². The average molecular weight is 198 g/mol. The molecule has 1 N–H and O–H groups in total. The maximum atomic E-state index is 3.39. The lowest BCUT2D eigenvalue weighted by molar-refractivity contribution is 1.31. The van der Waals surface area contributed by atoms with Gasteiger partial charge >= 0.3 is 0 Å². The summed E-state index contributed by atoms with van der Waals surface area (Å²) in [5, 5.41) is 3.39. The van der Waals surface area contributed by atoms with Crippen LogP contribution in [0.4, 0.5) is 11.4 Å². The van der Waals surface area contributed by atoms with Crippen LogP contribution in [0.25, 0.3) is 0 Å². The van der Waals surface area contributed by atoms with Crippen LogP contribution < -0.4 is 5.32 Å². The van der Waals surface area contributed by atoms with Crippen molar-refractivity contribution in [2.75, 3.05) is 5.32 Å². The third-order valence-electron chi connectivity index (χ3n) is 2.20. The van der Waals surface area contributed by atoms with Gasteiger partial charge in [-0.1, -0.05) is 30.0 Å². The van der Waals surface area contributed by atoms with Crippen LogP contribution in [0.3, 0.4) is 0 Å². The summed E-state index contributed by atoms with van der Waals surface area (Å²) in [7, 11) is 0. The van der Waals surface area contributed by atoms with E-state index in [-0.39, 0.29) is 0 Å². The first kappa shape index (κ1) is 7.94. The van der Waals surface area contributed by atoms with Crippen molar-refractivity contribution in [2.45, 2.75) is 9.79 Å². The van der Waals surface area contributed by atoms with Crippen LogP contribution in [-0.4, -0.2) is 0 Å². The summed E-state index contributed by atoms with van der Waals surface area (Å²) in [6, 6.07) is 17.4. The Morgan fingerprint density at radius 1 is 1.00 bits per heavy atom. The predicted molar refractivity (Wildman–Crippen MR) is 59.1 cm³/mol. The van der Waals surface area contributed by atoms with E-state index in [1.165, 1.54) is 15.5 Å². The molecule has 0 unspecified atom stereocenters. The first-order valence-electron chi connectivity index (χ1n) is 4.47. The molecule has 0 atom stereocenters. The van der Waals surface area contributed by atoms with Gasteiger partial charge in [0, 0.05) is 9.79 Å². The highest BCUT2D eigenvalue weighted by molar-refractivity contribution is 7.99. The van der Waals surface area contributed by atoms with E-state index < -0.39 is 0 Å². The molecule has 2 aromatic carbocycles. The summed E-state index contributed by atoms with van der Waals surface area (Å²) >= 11 is 1.80.